The van der Waals surface area contributed by atoms with E-state index in [1.165, 1.54) is 12.2 Å². The summed E-state index contributed by atoms with van der Waals surface area (Å²) < 4.78 is 5.44. The van der Waals surface area contributed by atoms with Gasteiger partial charge in [-0.2, -0.15) is 0 Å². The van der Waals surface area contributed by atoms with Crippen molar-refractivity contribution in [2.45, 2.75) is 39.4 Å². The van der Waals surface area contributed by atoms with Crippen LogP contribution in [0.4, 0.5) is 0 Å². The van der Waals surface area contributed by atoms with E-state index in [0.717, 1.165) is 5.56 Å². The van der Waals surface area contributed by atoms with E-state index in [9.17, 15) is 14.7 Å². The van der Waals surface area contributed by atoms with Crippen LogP contribution in [-0.2, 0) is 14.3 Å². The number of esters is 1. The molecule has 0 saturated heterocycles. The van der Waals surface area contributed by atoms with Gasteiger partial charge in [-0.15, -0.1) is 0 Å². The molecule has 4 heteroatoms. The Hall–Kier alpha value is -2.20. The summed E-state index contributed by atoms with van der Waals surface area (Å²) >= 11 is 0. The molecular weight excluding hydrogens is 292 g/mol. The van der Waals surface area contributed by atoms with Crippen molar-refractivity contribution in [3.05, 3.63) is 53.6 Å². The number of carbonyl (C=O) groups excluding carboxylic acids is 2. The van der Waals surface area contributed by atoms with Gasteiger partial charge in [-0.25, -0.2) is 4.79 Å². The average Bonchev–Trinajstić information content (AvgIpc) is 2.56. The maximum Gasteiger partial charge on any atom is 0.331 e. The lowest BCUT2D eigenvalue weighted by Gasteiger charge is -2.33. The first kappa shape index (κ1) is 17.2. The number of allylic oxidation sites excluding steroid dienone is 1. The quantitative estimate of drug-likeness (QED) is 0.688. The topological polar surface area (TPSA) is 63.6 Å². The first-order chi connectivity index (χ1) is 10.8. The van der Waals surface area contributed by atoms with Gasteiger partial charge in [0.2, 0.25) is 0 Å². The largest absolute Gasteiger partial charge is 0.456 e. The summed E-state index contributed by atoms with van der Waals surface area (Å²) in [5.74, 6) is -0.571. The van der Waals surface area contributed by atoms with E-state index in [-0.39, 0.29) is 12.2 Å². The number of ether oxygens (including phenoxy) is 1. The number of hydrogen-bond acceptors (Lipinski definition) is 4. The lowest BCUT2D eigenvalue weighted by atomic mass is 9.80. The molecule has 0 bridgehead atoms. The Bertz CT molecular complexity index is 641. The molecule has 2 rings (SSSR count). The van der Waals surface area contributed by atoms with Gasteiger partial charge in [0, 0.05) is 17.9 Å². The third-order valence-electron chi connectivity index (χ3n) is 4.01. The molecule has 0 saturated carbocycles. The van der Waals surface area contributed by atoms with Crippen LogP contribution in [0.15, 0.2) is 48.1 Å². The maximum absolute atomic E-state index is 12.1. The van der Waals surface area contributed by atoms with Crippen molar-refractivity contribution >= 4 is 17.8 Å². The number of aliphatic hydroxyl groups excluding tert-OH is 1. The molecule has 1 aromatic rings. The van der Waals surface area contributed by atoms with Crippen molar-refractivity contribution in [1.29, 1.82) is 0 Å². The number of Topliss-reactive ketones (excluding diaryl/α,β-unsaturated/α-hetero) is 1. The van der Waals surface area contributed by atoms with Crippen LogP contribution in [-0.4, -0.2) is 29.1 Å². The van der Waals surface area contributed by atoms with Crippen LogP contribution < -0.4 is 0 Å². The second-order valence-corrected chi connectivity index (χ2v) is 6.53. The minimum absolute atomic E-state index is 0.0348. The first-order valence-electron chi connectivity index (χ1n) is 7.63. The Morgan fingerprint density at radius 1 is 1.30 bits per heavy atom. The van der Waals surface area contributed by atoms with Crippen molar-refractivity contribution in [3.8, 4) is 0 Å². The zero-order valence-electron chi connectivity index (χ0n) is 13.7. The van der Waals surface area contributed by atoms with Crippen molar-refractivity contribution in [3.63, 3.8) is 0 Å². The highest BCUT2D eigenvalue weighted by molar-refractivity contribution is 5.95. The third kappa shape index (κ3) is 4.39. The Morgan fingerprint density at radius 2 is 1.96 bits per heavy atom. The smallest absolute Gasteiger partial charge is 0.331 e. The molecule has 4 nitrogen and oxygen atoms in total. The summed E-state index contributed by atoms with van der Waals surface area (Å²) in [4.78, 5) is 24.1. The summed E-state index contributed by atoms with van der Waals surface area (Å²) in [5.41, 5.74) is 0.751. The van der Waals surface area contributed by atoms with Crippen LogP contribution in [0.2, 0.25) is 0 Å². The van der Waals surface area contributed by atoms with Gasteiger partial charge in [0.1, 0.15) is 12.2 Å². The molecule has 1 aromatic carbocycles. The molecule has 1 N–H and O–H groups in total. The van der Waals surface area contributed by atoms with Crippen LogP contribution in [0.25, 0.3) is 6.08 Å². The van der Waals surface area contributed by atoms with Gasteiger partial charge in [-0.3, -0.25) is 4.79 Å². The summed E-state index contributed by atoms with van der Waals surface area (Å²) in [7, 11) is 0. The van der Waals surface area contributed by atoms with Gasteiger partial charge in [0.25, 0.3) is 0 Å². The van der Waals surface area contributed by atoms with Crippen molar-refractivity contribution in [2.24, 2.45) is 5.41 Å². The molecule has 0 radical (unpaired) electrons. The first-order valence-corrected chi connectivity index (χ1v) is 7.63. The zero-order valence-corrected chi connectivity index (χ0v) is 13.7. The molecule has 2 atom stereocenters. The molecule has 0 amide bonds. The normalized spacial score (nSPS) is 24.2. The van der Waals surface area contributed by atoms with E-state index in [4.69, 9.17) is 4.74 Å². The van der Waals surface area contributed by atoms with Gasteiger partial charge in [0.15, 0.2) is 5.78 Å². The molecule has 122 valence electrons. The van der Waals surface area contributed by atoms with Crippen LogP contribution in [0.5, 0.6) is 0 Å². The average molecular weight is 314 g/mol. The maximum atomic E-state index is 12.1. The van der Waals surface area contributed by atoms with Crippen molar-refractivity contribution in [1.82, 2.24) is 0 Å². The molecule has 0 aromatic heterocycles. The fourth-order valence-corrected chi connectivity index (χ4v) is 2.67. The van der Waals surface area contributed by atoms with Crippen molar-refractivity contribution in [2.75, 3.05) is 0 Å². The summed E-state index contributed by atoms with van der Waals surface area (Å²) in [5, 5.41) is 10.3. The molecule has 1 aliphatic carbocycles. The van der Waals surface area contributed by atoms with E-state index >= 15 is 0 Å². The van der Waals surface area contributed by atoms with Crippen LogP contribution in [0, 0.1) is 5.41 Å². The van der Waals surface area contributed by atoms with Gasteiger partial charge in [-0.05, 0) is 30.2 Å². The standard InChI is InChI=1S/C19H22O4/c1-13-11-15(20)18(19(2,3)12-16(13)21)23-17(22)10-9-14-7-5-4-6-8-14/h4-11,15,18,20H,12H2,1-3H3. The predicted molar refractivity (Wildman–Crippen MR) is 88.5 cm³/mol. The molecule has 0 heterocycles. The highest BCUT2D eigenvalue weighted by atomic mass is 16.6. The molecule has 23 heavy (non-hydrogen) atoms. The SMILES string of the molecule is CC1=CC(O)C(OC(=O)C=Cc2ccccc2)C(C)(C)CC1=O. The summed E-state index contributed by atoms with van der Waals surface area (Å²) in [6, 6.07) is 9.40. The van der Waals surface area contributed by atoms with E-state index in [0.29, 0.717) is 5.57 Å². The Balaban J connectivity index is 2.12. The van der Waals surface area contributed by atoms with Crippen molar-refractivity contribution < 1.29 is 19.4 Å². The van der Waals surface area contributed by atoms with E-state index in [1.54, 1.807) is 13.0 Å². The number of hydrogen-bond donors (Lipinski definition) is 1. The molecular formula is C19H22O4. The van der Waals surface area contributed by atoms with Gasteiger partial charge < -0.3 is 9.84 Å². The lowest BCUT2D eigenvalue weighted by molar-refractivity contribution is -0.157. The Labute approximate surface area is 136 Å². The lowest BCUT2D eigenvalue weighted by Crippen LogP contribution is -2.41. The second kappa shape index (κ2) is 6.92. The number of carbonyl (C=O) groups is 2. The molecule has 0 aliphatic heterocycles. The van der Waals surface area contributed by atoms with E-state index in [2.05, 4.69) is 0 Å². The summed E-state index contributed by atoms with van der Waals surface area (Å²) in [6.07, 6.45) is 2.93. The highest BCUT2D eigenvalue weighted by Gasteiger charge is 2.41. The fraction of sp³-hybridized carbons (Fsp3) is 0.368. The Kier molecular flexibility index (Phi) is 5.16. The number of rotatable bonds is 3. The third-order valence-corrected chi connectivity index (χ3v) is 4.01. The highest BCUT2D eigenvalue weighted by Crippen LogP contribution is 2.34. The molecule has 2 unspecified atom stereocenters. The van der Waals surface area contributed by atoms with Gasteiger partial charge in [0.05, 0.1) is 0 Å². The molecule has 1 aliphatic rings. The van der Waals surface area contributed by atoms with Gasteiger partial charge >= 0.3 is 5.97 Å². The second-order valence-electron chi connectivity index (χ2n) is 6.53. The van der Waals surface area contributed by atoms with Crippen LogP contribution >= 0.6 is 0 Å². The number of benzene rings is 1. The van der Waals surface area contributed by atoms with E-state index in [1.807, 2.05) is 44.2 Å². The van der Waals surface area contributed by atoms with Gasteiger partial charge in [-0.1, -0.05) is 44.2 Å². The molecule has 0 fully saturated rings. The minimum Gasteiger partial charge on any atom is -0.456 e. The number of aliphatic hydroxyl groups is 1. The summed E-state index contributed by atoms with van der Waals surface area (Å²) in [6.45, 7) is 5.31. The fourth-order valence-electron chi connectivity index (χ4n) is 2.67. The predicted octanol–water partition coefficient (Wildman–Crippen LogP) is 2.92. The molecule has 0 spiro atoms. The zero-order chi connectivity index (χ0) is 17.0. The van der Waals surface area contributed by atoms with E-state index < -0.39 is 23.6 Å². The monoisotopic (exact) mass is 314 g/mol. The minimum atomic E-state index is -0.995. The van der Waals surface area contributed by atoms with Crippen LogP contribution in [0.3, 0.4) is 0 Å². The Morgan fingerprint density at radius 3 is 2.61 bits per heavy atom. The van der Waals surface area contributed by atoms with Crippen LogP contribution in [0.1, 0.15) is 32.8 Å². The number of ketones is 1.